The van der Waals surface area contributed by atoms with Crippen LogP contribution in [0.3, 0.4) is 0 Å². The topological polar surface area (TPSA) is 186 Å². The van der Waals surface area contributed by atoms with E-state index >= 15 is 0 Å². The summed E-state index contributed by atoms with van der Waals surface area (Å²) in [4.78, 5) is 31.7. The summed E-state index contributed by atoms with van der Waals surface area (Å²) < 4.78 is 0. The molecule has 4 rings (SSSR count). The first kappa shape index (κ1) is 86.3. The van der Waals surface area contributed by atoms with E-state index in [-0.39, 0.29) is 31.5 Å². The van der Waals surface area contributed by atoms with Crippen LogP contribution in [-0.4, -0.2) is 43.8 Å². The number of carboxylic acids is 2. The van der Waals surface area contributed by atoms with Crippen LogP contribution < -0.4 is 10.2 Å². The van der Waals surface area contributed by atoms with Crippen LogP contribution in [0.4, 0.5) is 11.4 Å². The van der Waals surface area contributed by atoms with E-state index in [2.05, 4.69) is 102 Å². The molecule has 0 saturated heterocycles. The number of phenols is 2. The first-order chi connectivity index (χ1) is 45.1. The van der Waals surface area contributed by atoms with Crippen molar-refractivity contribution < 1.29 is 60.7 Å². The number of aliphatic imine (C=N–C) groups is 2. The summed E-state index contributed by atoms with van der Waals surface area (Å²) in [6.07, 6.45) is 62.3. The molecule has 0 amide bonds. The number of nitrogens with zero attached hydrogens (tertiary/aromatic N) is 2. The van der Waals surface area contributed by atoms with Crippen LogP contribution in [0.15, 0.2) is 82.8 Å². The van der Waals surface area contributed by atoms with E-state index < -0.39 is 34.9 Å². The van der Waals surface area contributed by atoms with Crippen molar-refractivity contribution in [1.82, 2.24) is 0 Å². The molecule has 11 heteroatoms. The van der Waals surface area contributed by atoms with Gasteiger partial charge in [-0.3, -0.25) is 0 Å². The zero-order valence-corrected chi connectivity index (χ0v) is 61.5. The first-order valence-electron chi connectivity index (χ1n) is 37.1. The van der Waals surface area contributed by atoms with Gasteiger partial charge in [0.25, 0.3) is 0 Å². The fraction of sp³-hybridized carbons (Fsp3) is 0.614. The summed E-state index contributed by atoms with van der Waals surface area (Å²) in [6, 6.07) is 18.5. The maximum Gasteiger partial charge on any atom is 2.00 e. The molecule has 4 aromatic carbocycles. The van der Waals surface area contributed by atoms with Crippen molar-refractivity contribution in [2.24, 2.45) is 9.98 Å². The van der Waals surface area contributed by atoms with Gasteiger partial charge in [0.05, 0.1) is 28.2 Å². The summed E-state index contributed by atoms with van der Waals surface area (Å²) >= 11 is 0. The smallest absolute Gasteiger partial charge is 0.869 e. The summed E-state index contributed by atoms with van der Waals surface area (Å²) in [6.45, 7) is 16.7. The molecular formula is C83H126N2O8Pd. The van der Waals surface area contributed by atoms with Gasteiger partial charge in [0.15, 0.2) is 0 Å². The van der Waals surface area contributed by atoms with Crippen molar-refractivity contribution in [3.63, 3.8) is 0 Å². The Morgan fingerprint density at radius 2 is 0.702 bits per heavy atom. The minimum absolute atomic E-state index is 0. The molecule has 0 spiro atoms. The van der Waals surface area contributed by atoms with Gasteiger partial charge in [-0.25, -0.2) is 19.6 Å². The van der Waals surface area contributed by atoms with E-state index in [1.807, 2.05) is 0 Å². The van der Waals surface area contributed by atoms with E-state index in [0.29, 0.717) is 24.0 Å². The molecule has 94 heavy (non-hydrogen) atoms. The number of phenolic OH excluding ortho intramolecular Hbond substituents is 2. The Morgan fingerprint density at radius 1 is 0.415 bits per heavy atom. The SMILES string of the molecule is CCCCCCCCCCCCCCCCC=CC(=Nc1cc(C)cc(C)c1)C(C#CCCCCCCCCCCCCCCCCCCCCCCCCCCC)=Nc1cc(C)cc(C)c1.CCc1ccc(O)c([O-])c1C(=O)O.CCc1ccc(O)c([O-])c1C(=O)O.[Pd+2]. The number of hydrogen-bond donors (Lipinski definition) is 4. The number of rotatable bonds is 48. The predicted molar refractivity (Wildman–Crippen MR) is 391 cm³/mol. The second kappa shape index (κ2) is 56.5. The maximum atomic E-state index is 11.2. The van der Waals surface area contributed by atoms with E-state index in [1.54, 1.807) is 13.8 Å². The van der Waals surface area contributed by atoms with Gasteiger partial charge < -0.3 is 30.6 Å². The minimum atomic E-state index is -1.29. The molecule has 4 N–H and O–H groups in total. The average Bonchev–Trinajstić information content (AvgIpc) is 0.904. The molecule has 0 bridgehead atoms. The van der Waals surface area contributed by atoms with Gasteiger partial charge in [-0.1, -0.05) is 313 Å². The summed E-state index contributed by atoms with van der Waals surface area (Å²) in [5.74, 6) is 1.85. The number of aryl methyl sites for hydroxylation is 6. The van der Waals surface area contributed by atoms with Gasteiger partial charge >= 0.3 is 32.4 Å². The number of benzene rings is 4. The summed E-state index contributed by atoms with van der Waals surface area (Å²) in [7, 11) is 0. The summed E-state index contributed by atoms with van der Waals surface area (Å²) in [5, 5.41) is 57.7. The molecule has 0 saturated carbocycles. The minimum Gasteiger partial charge on any atom is -0.869 e. The van der Waals surface area contributed by atoms with Crippen LogP contribution in [0.5, 0.6) is 23.0 Å². The molecule has 0 aromatic heterocycles. The molecule has 526 valence electrons. The van der Waals surface area contributed by atoms with Gasteiger partial charge in [-0.2, -0.15) is 0 Å². The maximum absolute atomic E-state index is 11.2. The molecule has 0 atom stereocenters. The van der Waals surface area contributed by atoms with E-state index in [1.165, 1.54) is 291 Å². The molecule has 0 aliphatic heterocycles. The van der Waals surface area contributed by atoms with Crippen LogP contribution in [0.1, 0.15) is 345 Å². The van der Waals surface area contributed by atoms with Crippen LogP contribution in [-0.2, 0) is 33.3 Å². The average molecular weight is 1390 g/mol. The molecule has 4 aromatic rings. The number of unbranched alkanes of at least 4 members (excludes halogenated alkanes) is 39. The normalized spacial score (nSPS) is 11.4. The van der Waals surface area contributed by atoms with Crippen molar-refractivity contribution in [3.05, 3.63) is 117 Å². The number of hydrogen-bond acceptors (Lipinski definition) is 8. The van der Waals surface area contributed by atoms with E-state index in [9.17, 15) is 19.8 Å². The zero-order valence-electron chi connectivity index (χ0n) is 60.0. The fourth-order valence-corrected chi connectivity index (χ4v) is 12.1. The van der Waals surface area contributed by atoms with Gasteiger partial charge in [0.1, 0.15) is 17.2 Å². The van der Waals surface area contributed by atoms with Crippen molar-refractivity contribution in [2.75, 3.05) is 0 Å². The molecule has 0 heterocycles. The van der Waals surface area contributed by atoms with Crippen molar-refractivity contribution in [2.45, 2.75) is 331 Å². The monoisotopic (exact) mass is 1380 g/mol. The predicted octanol–water partition coefficient (Wildman–Crippen LogP) is 23.8. The Bertz CT molecular complexity index is 2710. The van der Waals surface area contributed by atoms with Gasteiger partial charge in [0, 0.05) is 6.42 Å². The van der Waals surface area contributed by atoms with Gasteiger partial charge in [0.2, 0.25) is 0 Å². The number of carboxylic acid groups (broad SMARTS) is 2. The Balaban J connectivity index is 0.00000133. The molecule has 0 fully saturated rings. The van der Waals surface area contributed by atoms with E-state index in [4.69, 9.17) is 30.4 Å². The number of carbonyl (C=O) groups is 2. The fourth-order valence-electron chi connectivity index (χ4n) is 12.1. The zero-order chi connectivity index (χ0) is 68.1. The van der Waals surface area contributed by atoms with Crippen molar-refractivity contribution in [3.8, 4) is 34.8 Å². The first-order valence-corrected chi connectivity index (χ1v) is 37.1. The molecule has 10 nitrogen and oxygen atoms in total. The van der Waals surface area contributed by atoms with Crippen LogP contribution in [0.2, 0.25) is 0 Å². The van der Waals surface area contributed by atoms with Gasteiger partial charge in [-0.15, -0.1) is 0 Å². The van der Waals surface area contributed by atoms with Crippen LogP contribution >= 0.6 is 0 Å². The van der Waals surface area contributed by atoms with Crippen molar-refractivity contribution in [1.29, 1.82) is 0 Å². The third kappa shape index (κ3) is 41.3. The molecule has 0 aliphatic carbocycles. The van der Waals surface area contributed by atoms with E-state index in [0.717, 1.165) is 42.1 Å². The third-order valence-electron chi connectivity index (χ3n) is 17.4. The number of aromatic hydroxyl groups is 2. The Kier molecular flexibility index (Phi) is 51.9. The standard InChI is InChI=1S/C65H108N2.2C9H10O4.Pd/c1-7-9-11-13-15-17-19-21-23-25-26-27-28-29-30-31-32-33-34-35-37-39-41-43-45-47-49-51-65(67-63-56-60(5)53-61(6)57-63)64(66-62-54-58(3)52-59(4)55-62)50-48-46-44-42-40-38-36-24-22-20-18-16-14-12-10-8-2;2*1-2-5-3-4-6(10)8(11)7(5)9(12)13;/h48,50,52-57H,7-47H2,1-6H3;2*3-4,10-11H,2H2,1H3,(H,12,13);/q;;;+2/p-2. The Labute approximate surface area is 585 Å². The number of aromatic carboxylic acids is 2. The van der Waals surface area contributed by atoms with Crippen molar-refractivity contribution >= 4 is 34.7 Å². The summed E-state index contributed by atoms with van der Waals surface area (Å²) in [5.41, 5.74) is 8.71. The quantitative estimate of drug-likeness (QED) is 0.0146. The molecule has 0 radical (unpaired) electrons. The second-order valence-corrected chi connectivity index (χ2v) is 26.2. The molecular weight excluding hydrogens is 1260 g/mol. The molecule has 0 unspecified atom stereocenters. The van der Waals surface area contributed by atoms with Crippen LogP contribution in [0.25, 0.3) is 0 Å². The third-order valence-corrected chi connectivity index (χ3v) is 17.4. The number of allylic oxidation sites excluding steroid dienone is 2. The Morgan fingerprint density at radius 3 is 1.00 bits per heavy atom. The van der Waals surface area contributed by atoms with Gasteiger partial charge in [-0.05, 0) is 142 Å². The Hall–Kier alpha value is -5.68. The molecule has 0 aliphatic rings. The van der Waals surface area contributed by atoms with Crippen LogP contribution in [0, 0.1) is 39.5 Å². The largest absolute Gasteiger partial charge is 2.00 e. The second-order valence-electron chi connectivity index (χ2n) is 26.2.